The molecule has 1 N–H and O–H groups in total. The fourth-order valence-corrected chi connectivity index (χ4v) is 4.14. The van der Waals surface area contributed by atoms with Gasteiger partial charge in [0.2, 0.25) is 0 Å². The number of nitrogens with one attached hydrogen (secondary N) is 1. The van der Waals surface area contributed by atoms with Crippen LogP contribution in [0.5, 0.6) is 0 Å². The van der Waals surface area contributed by atoms with Crippen molar-refractivity contribution < 1.29 is 4.79 Å². The van der Waals surface area contributed by atoms with Crippen molar-refractivity contribution >= 4 is 23.5 Å². The highest BCUT2D eigenvalue weighted by Crippen LogP contribution is 2.44. The molecule has 1 unspecified atom stereocenters. The van der Waals surface area contributed by atoms with Gasteiger partial charge in [0, 0.05) is 23.7 Å². The van der Waals surface area contributed by atoms with Crippen LogP contribution in [0.25, 0.3) is 0 Å². The van der Waals surface area contributed by atoms with Gasteiger partial charge >= 0.3 is 6.03 Å². The average Bonchev–Trinajstić information content (AvgIpc) is 2.56. The van der Waals surface area contributed by atoms with Crippen LogP contribution in [0.3, 0.4) is 0 Å². The number of nitrogens with zero attached hydrogens (tertiary/aromatic N) is 1. The van der Waals surface area contributed by atoms with Crippen LogP contribution in [-0.2, 0) is 0 Å². The second kappa shape index (κ2) is 6.88. The van der Waals surface area contributed by atoms with E-state index in [2.05, 4.69) is 41.7 Å². The third kappa shape index (κ3) is 3.12. The summed E-state index contributed by atoms with van der Waals surface area (Å²) in [4.78, 5) is 15.2. The number of carbonyl (C=O) groups excluding carboxylic acids is 1. The Morgan fingerprint density at radius 3 is 2.64 bits per heavy atom. The van der Waals surface area contributed by atoms with Crippen LogP contribution in [0.15, 0.2) is 59.5 Å². The van der Waals surface area contributed by atoms with Crippen LogP contribution in [-0.4, -0.2) is 19.6 Å². The van der Waals surface area contributed by atoms with Gasteiger partial charge in [-0.15, -0.1) is 11.8 Å². The topological polar surface area (TPSA) is 32.3 Å². The molecule has 2 aromatic carbocycles. The number of hydrogen-bond acceptors (Lipinski definition) is 2. The Morgan fingerprint density at radius 1 is 1.14 bits per heavy atom. The van der Waals surface area contributed by atoms with Gasteiger partial charge in [-0.25, -0.2) is 4.79 Å². The van der Waals surface area contributed by atoms with Crippen molar-refractivity contribution in [2.24, 2.45) is 0 Å². The number of hydrogen-bond donors (Lipinski definition) is 1. The van der Waals surface area contributed by atoms with Gasteiger partial charge in [-0.05, 0) is 30.5 Å². The Morgan fingerprint density at radius 2 is 1.86 bits per heavy atom. The molecule has 0 aliphatic carbocycles. The Balaban J connectivity index is 1.94. The maximum absolute atomic E-state index is 12.2. The van der Waals surface area contributed by atoms with Crippen LogP contribution in [0.4, 0.5) is 10.5 Å². The Bertz CT molecular complexity index is 645. The molecule has 22 heavy (non-hydrogen) atoms. The van der Waals surface area contributed by atoms with Crippen LogP contribution >= 0.6 is 11.8 Å². The smallest absolute Gasteiger partial charge is 0.321 e. The largest absolute Gasteiger partial charge is 0.341 e. The van der Waals surface area contributed by atoms with E-state index in [1.54, 1.807) is 7.05 Å². The van der Waals surface area contributed by atoms with Gasteiger partial charge in [0.05, 0.1) is 5.69 Å². The first-order valence-corrected chi connectivity index (χ1v) is 8.47. The number of rotatable bonds is 1. The lowest BCUT2D eigenvalue weighted by Gasteiger charge is -2.29. The first kappa shape index (κ1) is 15.0. The summed E-state index contributed by atoms with van der Waals surface area (Å²) >= 11 is 1.85. The van der Waals surface area contributed by atoms with Gasteiger partial charge in [-0.2, -0.15) is 0 Å². The zero-order valence-corrected chi connectivity index (χ0v) is 13.5. The quantitative estimate of drug-likeness (QED) is 0.843. The molecule has 1 atom stereocenters. The van der Waals surface area contributed by atoms with E-state index in [0.717, 1.165) is 25.1 Å². The van der Waals surface area contributed by atoms with Crippen molar-refractivity contribution in [2.45, 2.75) is 23.0 Å². The van der Waals surface area contributed by atoms with Crippen LogP contribution < -0.4 is 10.2 Å². The third-order valence-corrected chi connectivity index (χ3v) is 5.30. The normalized spacial score (nSPS) is 18.0. The molecule has 1 heterocycles. The SMILES string of the molecule is CNC(=O)N1CCCC(c2ccccc2)Sc2ccccc21. The molecule has 0 saturated heterocycles. The van der Waals surface area contributed by atoms with E-state index < -0.39 is 0 Å². The lowest BCUT2D eigenvalue weighted by Crippen LogP contribution is -2.39. The van der Waals surface area contributed by atoms with Crippen LogP contribution in [0.2, 0.25) is 0 Å². The molecule has 1 aliphatic heterocycles. The number of para-hydroxylation sites is 1. The van der Waals surface area contributed by atoms with E-state index in [0.29, 0.717) is 5.25 Å². The molecular weight excluding hydrogens is 292 g/mol. The maximum atomic E-state index is 12.2. The molecule has 4 heteroatoms. The van der Waals surface area contributed by atoms with Crippen molar-refractivity contribution in [1.82, 2.24) is 5.32 Å². The summed E-state index contributed by atoms with van der Waals surface area (Å²) in [5, 5.41) is 3.18. The summed E-state index contributed by atoms with van der Waals surface area (Å²) in [5.41, 5.74) is 2.36. The number of anilines is 1. The highest BCUT2D eigenvalue weighted by molar-refractivity contribution is 7.99. The molecule has 1 aliphatic rings. The molecule has 2 amide bonds. The van der Waals surface area contributed by atoms with Crippen LogP contribution in [0.1, 0.15) is 23.7 Å². The second-order valence-electron chi connectivity index (χ2n) is 5.33. The Hall–Kier alpha value is -1.94. The summed E-state index contributed by atoms with van der Waals surface area (Å²) < 4.78 is 0. The number of benzene rings is 2. The van der Waals surface area contributed by atoms with Gasteiger partial charge in [0.1, 0.15) is 0 Å². The zero-order valence-electron chi connectivity index (χ0n) is 12.7. The van der Waals surface area contributed by atoms with Gasteiger partial charge in [0.25, 0.3) is 0 Å². The fourth-order valence-electron chi connectivity index (χ4n) is 2.80. The van der Waals surface area contributed by atoms with Crippen molar-refractivity contribution in [3.8, 4) is 0 Å². The average molecular weight is 312 g/mol. The van der Waals surface area contributed by atoms with E-state index >= 15 is 0 Å². The summed E-state index contributed by atoms with van der Waals surface area (Å²) in [6.45, 7) is 0.751. The molecular formula is C18H20N2OS. The van der Waals surface area contributed by atoms with Crippen molar-refractivity contribution in [2.75, 3.05) is 18.5 Å². The van der Waals surface area contributed by atoms with Crippen LogP contribution in [0, 0.1) is 0 Å². The molecule has 0 bridgehead atoms. The van der Waals surface area contributed by atoms with Crippen molar-refractivity contribution in [3.05, 3.63) is 60.2 Å². The highest BCUT2D eigenvalue weighted by Gasteiger charge is 2.23. The first-order valence-electron chi connectivity index (χ1n) is 7.59. The molecule has 114 valence electrons. The zero-order chi connectivity index (χ0) is 15.4. The van der Waals surface area contributed by atoms with E-state index in [1.165, 1.54) is 10.5 Å². The predicted octanol–water partition coefficient (Wildman–Crippen LogP) is 4.46. The van der Waals surface area contributed by atoms with Gasteiger partial charge < -0.3 is 5.32 Å². The van der Waals surface area contributed by atoms with Gasteiger partial charge in [0.15, 0.2) is 0 Å². The standard InChI is InChI=1S/C18H20N2OS/c1-19-18(21)20-13-7-12-16(14-8-3-2-4-9-14)22-17-11-6-5-10-15(17)20/h2-6,8-11,16H,7,12-13H2,1H3,(H,19,21). The number of thioether (sulfide) groups is 1. The summed E-state index contributed by atoms with van der Waals surface area (Å²) in [6.07, 6.45) is 2.06. The molecule has 0 saturated carbocycles. The van der Waals surface area contributed by atoms with Gasteiger partial charge in [-0.3, -0.25) is 4.90 Å². The predicted molar refractivity (Wildman–Crippen MR) is 92.5 cm³/mol. The molecule has 0 aromatic heterocycles. The lowest BCUT2D eigenvalue weighted by atomic mass is 10.1. The minimum absolute atomic E-state index is 0.0359. The molecule has 2 aromatic rings. The van der Waals surface area contributed by atoms with E-state index in [9.17, 15) is 4.79 Å². The molecule has 0 radical (unpaired) electrons. The minimum Gasteiger partial charge on any atom is -0.341 e. The van der Waals surface area contributed by atoms with Gasteiger partial charge in [-0.1, -0.05) is 42.5 Å². The summed E-state index contributed by atoms with van der Waals surface area (Å²) in [7, 11) is 1.68. The Kier molecular flexibility index (Phi) is 4.68. The molecule has 0 fully saturated rings. The number of urea groups is 1. The minimum atomic E-state index is -0.0359. The summed E-state index contributed by atoms with van der Waals surface area (Å²) in [6, 6.07) is 18.8. The lowest BCUT2D eigenvalue weighted by molar-refractivity contribution is 0.248. The van der Waals surface area contributed by atoms with E-state index in [4.69, 9.17) is 0 Å². The first-order chi connectivity index (χ1) is 10.8. The fraction of sp³-hybridized carbons (Fsp3) is 0.278. The van der Waals surface area contributed by atoms with E-state index in [-0.39, 0.29) is 6.03 Å². The second-order valence-corrected chi connectivity index (χ2v) is 6.58. The molecule has 3 nitrogen and oxygen atoms in total. The molecule has 3 rings (SSSR count). The van der Waals surface area contributed by atoms with Crippen molar-refractivity contribution in [1.29, 1.82) is 0 Å². The highest BCUT2D eigenvalue weighted by atomic mass is 32.2. The van der Waals surface area contributed by atoms with Crippen molar-refractivity contribution in [3.63, 3.8) is 0 Å². The summed E-state index contributed by atoms with van der Waals surface area (Å²) in [5.74, 6) is 0. The number of amides is 2. The monoisotopic (exact) mass is 312 g/mol. The number of fused-ring (bicyclic) bond motifs is 1. The maximum Gasteiger partial charge on any atom is 0.321 e. The Labute approximate surface area is 135 Å². The third-order valence-electron chi connectivity index (χ3n) is 3.90. The molecule has 0 spiro atoms. The number of carbonyl (C=O) groups is 1. The van der Waals surface area contributed by atoms with E-state index in [1.807, 2.05) is 34.9 Å².